The number of hydrogen-bond donors (Lipinski definition) is 1. The molecule has 0 bridgehead atoms. The van der Waals surface area contributed by atoms with Crippen molar-refractivity contribution in [2.75, 3.05) is 6.61 Å². The minimum absolute atomic E-state index is 0.0352. The van der Waals surface area contributed by atoms with Crippen molar-refractivity contribution in [2.45, 2.75) is 13.0 Å². The van der Waals surface area contributed by atoms with Crippen molar-refractivity contribution < 1.29 is 4.74 Å². The van der Waals surface area contributed by atoms with Crippen LogP contribution in [0.2, 0.25) is 0 Å². The van der Waals surface area contributed by atoms with Gasteiger partial charge in [-0.05, 0) is 12.5 Å². The van der Waals surface area contributed by atoms with Gasteiger partial charge in [-0.1, -0.05) is 0 Å². The molecule has 0 aromatic carbocycles. The molecule has 1 aliphatic heterocycles. The van der Waals surface area contributed by atoms with E-state index >= 15 is 0 Å². The number of ether oxygens (including phenoxy) is 1. The molecule has 0 saturated heterocycles. The van der Waals surface area contributed by atoms with Crippen LogP contribution in [0, 0.1) is 6.92 Å². The Kier molecular flexibility index (Phi) is 1.32. The van der Waals surface area contributed by atoms with E-state index in [0.29, 0.717) is 6.61 Å². The van der Waals surface area contributed by atoms with Gasteiger partial charge in [0.05, 0.1) is 12.2 Å². The molecule has 2 rings (SSSR count). The standard InChI is InChI=1S/C8H10N2O/c1-5-2-10-3-7-8(5)6(9)4-11-7/h2-3,6H,4,9H2,1H3. The van der Waals surface area contributed by atoms with E-state index in [4.69, 9.17) is 10.5 Å². The van der Waals surface area contributed by atoms with Crippen molar-refractivity contribution in [3.8, 4) is 5.75 Å². The Labute approximate surface area is 65.2 Å². The predicted octanol–water partition coefficient (Wildman–Crippen LogP) is 0.782. The van der Waals surface area contributed by atoms with Crippen LogP contribution < -0.4 is 10.5 Å². The summed E-state index contributed by atoms with van der Waals surface area (Å²) < 4.78 is 5.30. The van der Waals surface area contributed by atoms with Gasteiger partial charge in [0.1, 0.15) is 12.4 Å². The summed E-state index contributed by atoms with van der Waals surface area (Å²) in [6.07, 6.45) is 3.53. The van der Waals surface area contributed by atoms with E-state index in [1.807, 2.05) is 13.1 Å². The first kappa shape index (κ1) is 6.61. The second-order valence-electron chi connectivity index (χ2n) is 2.79. The molecule has 0 aliphatic carbocycles. The van der Waals surface area contributed by atoms with Crippen LogP contribution in [0.5, 0.6) is 5.75 Å². The highest BCUT2D eigenvalue weighted by molar-refractivity contribution is 5.41. The molecule has 1 aromatic rings. The third-order valence-electron chi connectivity index (χ3n) is 1.94. The van der Waals surface area contributed by atoms with Crippen LogP contribution in [-0.2, 0) is 0 Å². The zero-order valence-electron chi connectivity index (χ0n) is 6.37. The second kappa shape index (κ2) is 2.20. The van der Waals surface area contributed by atoms with E-state index in [1.165, 1.54) is 0 Å². The van der Waals surface area contributed by atoms with E-state index in [-0.39, 0.29) is 6.04 Å². The van der Waals surface area contributed by atoms with Gasteiger partial charge in [-0.3, -0.25) is 4.98 Å². The van der Waals surface area contributed by atoms with Crippen molar-refractivity contribution in [2.24, 2.45) is 5.73 Å². The highest BCUT2D eigenvalue weighted by Crippen LogP contribution is 2.31. The Morgan fingerprint density at radius 2 is 2.45 bits per heavy atom. The number of pyridine rings is 1. The first-order valence-electron chi connectivity index (χ1n) is 3.62. The Balaban J connectivity index is 2.58. The minimum Gasteiger partial charge on any atom is -0.490 e. The van der Waals surface area contributed by atoms with E-state index in [0.717, 1.165) is 16.9 Å². The van der Waals surface area contributed by atoms with Gasteiger partial charge in [-0.2, -0.15) is 0 Å². The van der Waals surface area contributed by atoms with Crippen molar-refractivity contribution >= 4 is 0 Å². The summed E-state index contributed by atoms with van der Waals surface area (Å²) >= 11 is 0. The van der Waals surface area contributed by atoms with Crippen LogP contribution >= 0.6 is 0 Å². The van der Waals surface area contributed by atoms with Crippen LogP contribution in [0.15, 0.2) is 12.4 Å². The molecule has 0 spiro atoms. The number of hydrogen-bond acceptors (Lipinski definition) is 3. The predicted molar refractivity (Wildman–Crippen MR) is 41.4 cm³/mol. The molecule has 1 aromatic heterocycles. The summed E-state index contributed by atoms with van der Waals surface area (Å²) in [5.41, 5.74) is 8.02. The first-order chi connectivity index (χ1) is 5.29. The van der Waals surface area contributed by atoms with Crippen LogP contribution in [0.4, 0.5) is 0 Å². The number of aromatic nitrogens is 1. The highest BCUT2D eigenvalue weighted by Gasteiger charge is 2.22. The quantitative estimate of drug-likeness (QED) is 0.594. The van der Waals surface area contributed by atoms with E-state index in [2.05, 4.69) is 4.98 Å². The van der Waals surface area contributed by atoms with Crippen molar-refractivity contribution in [3.63, 3.8) is 0 Å². The molecule has 0 saturated carbocycles. The van der Waals surface area contributed by atoms with Crippen LogP contribution in [-0.4, -0.2) is 11.6 Å². The molecule has 58 valence electrons. The average Bonchev–Trinajstić information content (AvgIpc) is 2.34. The van der Waals surface area contributed by atoms with Crippen LogP contribution in [0.25, 0.3) is 0 Å². The van der Waals surface area contributed by atoms with Gasteiger partial charge < -0.3 is 10.5 Å². The number of fused-ring (bicyclic) bond motifs is 1. The molecule has 1 atom stereocenters. The van der Waals surface area contributed by atoms with Crippen LogP contribution in [0.1, 0.15) is 17.2 Å². The monoisotopic (exact) mass is 150 g/mol. The maximum atomic E-state index is 5.79. The van der Waals surface area contributed by atoms with Gasteiger partial charge in [0.25, 0.3) is 0 Å². The normalized spacial score (nSPS) is 21.1. The number of nitrogens with zero attached hydrogens (tertiary/aromatic N) is 1. The second-order valence-corrected chi connectivity index (χ2v) is 2.79. The fourth-order valence-corrected chi connectivity index (χ4v) is 1.40. The Morgan fingerprint density at radius 1 is 1.64 bits per heavy atom. The largest absolute Gasteiger partial charge is 0.490 e. The SMILES string of the molecule is Cc1cncc2c1C(N)CO2. The molecule has 0 radical (unpaired) electrons. The summed E-state index contributed by atoms with van der Waals surface area (Å²) in [5, 5.41) is 0. The Hall–Kier alpha value is -1.09. The molecule has 11 heavy (non-hydrogen) atoms. The van der Waals surface area contributed by atoms with Gasteiger partial charge in [-0.25, -0.2) is 0 Å². The maximum absolute atomic E-state index is 5.79. The summed E-state index contributed by atoms with van der Waals surface area (Å²) in [6.45, 7) is 2.59. The fourth-order valence-electron chi connectivity index (χ4n) is 1.40. The lowest BCUT2D eigenvalue weighted by atomic mass is 10.1. The zero-order chi connectivity index (χ0) is 7.84. The minimum atomic E-state index is 0.0352. The van der Waals surface area contributed by atoms with E-state index in [1.54, 1.807) is 6.20 Å². The fraction of sp³-hybridized carbons (Fsp3) is 0.375. The number of aryl methyl sites for hydroxylation is 1. The van der Waals surface area contributed by atoms with Crippen LogP contribution in [0.3, 0.4) is 0 Å². The van der Waals surface area contributed by atoms with Gasteiger partial charge in [-0.15, -0.1) is 0 Å². The molecule has 3 heteroatoms. The molecule has 2 N–H and O–H groups in total. The first-order valence-corrected chi connectivity index (χ1v) is 3.62. The lowest BCUT2D eigenvalue weighted by Gasteiger charge is -2.02. The van der Waals surface area contributed by atoms with Gasteiger partial charge >= 0.3 is 0 Å². The topological polar surface area (TPSA) is 48.1 Å². The number of nitrogens with two attached hydrogens (primary N) is 1. The maximum Gasteiger partial charge on any atom is 0.142 e. The van der Waals surface area contributed by atoms with Gasteiger partial charge in [0, 0.05) is 11.8 Å². The summed E-state index contributed by atoms with van der Waals surface area (Å²) in [5.74, 6) is 0.845. The Morgan fingerprint density at radius 3 is 3.18 bits per heavy atom. The smallest absolute Gasteiger partial charge is 0.142 e. The zero-order valence-corrected chi connectivity index (χ0v) is 6.37. The number of rotatable bonds is 0. The van der Waals surface area contributed by atoms with Crippen molar-refractivity contribution in [1.29, 1.82) is 0 Å². The molecular weight excluding hydrogens is 140 g/mol. The third-order valence-corrected chi connectivity index (χ3v) is 1.94. The summed E-state index contributed by atoms with van der Waals surface area (Å²) in [6, 6.07) is 0.0352. The molecule has 0 amide bonds. The van der Waals surface area contributed by atoms with Crippen molar-refractivity contribution in [3.05, 3.63) is 23.5 Å². The summed E-state index contributed by atoms with van der Waals surface area (Å²) in [7, 11) is 0. The van der Waals surface area contributed by atoms with E-state index < -0.39 is 0 Å². The molecule has 2 heterocycles. The van der Waals surface area contributed by atoms with E-state index in [9.17, 15) is 0 Å². The summed E-state index contributed by atoms with van der Waals surface area (Å²) in [4.78, 5) is 4.01. The molecule has 1 aliphatic rings. The lowest BCUT2D eigenvalue weighted by Crippen LogP contribution is -2.11. The average molecular weight is 150 g/mol. The molecule has 0 fully saturated rings. The van der Waals surface area contributed by atoms with Gasteiger partial charge in [0.2, 0.25) is 0 Å². The Bertz CT molecular complexity index is 285. The molecule has 1 unspecified atom stereocenters. The molecule has 3 nitrogen and oxygen atoms in total. The lowest BCUT2D eigenvalue weighted by molar-refractivity contribution is 0.332. The molecular formula is C8H10N2O. The van der Waals surface area contributed by atoms with Gasteiger partial charge in [0.15, 0.2) is 0 Å². The van der Waals surface area contributed by atoms with Crippen molar-refractivity contribution in [1.82, 2.24) is 4.98 Å². The highest BCUT2D eigenvalue weighted by atomic mass is 16.5. The third kappa shape index (κ3) is 0.886.